The van der Waals surface area contributed by atoms with E-state index in [1.807, 2.05) is 48.5 Å². The number of hydrazine groups is 1. The maximum absolute atomic E-state index is 12.8. The highest BCUT2D eigenvalue weighted by molar-refractivity contribution is 9.11. The number of carbonyl (C=O) groups excluding carboxylic acids is 2. The number of hydrogen-bond donors (Lipinski definition) is 1. The second-order valence-corrected chi connectivity index (χ2v) is 8.31. The fourth-order valence-corrected chi connectivity index (χ4v) is 4.16. The lowest BCUT2D eigenvalue weighted by atomic mass is 10.1. The number of ether oxygens (including phenoxy) is 1. The smallest absolute Gasteiger partial charge is 0.282 e. The van der Waals surface area contributed by atoms with E-state index in [1.165, 1.54) is 5.01 Å². The van der Waals surface area contributed by atoms with Gasteiger partial charge in [0.1, 0.15) is 17.9 Å². The molecular formula is C23H16Br2N2O3. The van der Waals surface area contributed by atoms with Gasteiger partial charge in [-0.05, 0) is 36.4 Å². The first-order valence-electron chi connectivity index (χ1n) is 9.11. The topological polar surface area (TPSA) is 58.6 Å². The molecule has 1 fully saturated rings. The molecule has 1 aliphatic rings. The molecule has 0 aliphatic carbocycles. The summed E-state index contributed by atoms with van der Waals surface area (Å²) < 4.78 is 7.89. The Morgan fingerprint density at radius 2 is 1.67 bits per heavy atom. The van der Waals surface area contributed by atoms with Gasteiger partial charge in [0.05, 0.1) is 5.69 Å². The van der Waals surface area contributed by atoms with Crippen molar-refractivity contribution < 1.29 is 14.3 Å². The van der Waals surface area contributed by atoms with Crippen molar-refractivity contribution in [2.45, 2.75) is 6.61 Å². The highest BCUT2D eigenvalue weighted by atomic mass is 79.9. The van der Waals surface area contributed by atoms with Crippen molar-refractivity contribution in [1.82, 2.24) is 5.43 Å². The lowest BCUT2D eigenvalue weighted by molar-refractivity contribution is -0.117. The first kappa shape index (κ1) is 20.4. The second kappa shape index (κ2) is 8.85. The third kappa shape index (κ3) is 4.32. The molecule has 5 nitrogen and oxygen atoms in total. The number of rotatable bonds is 5. The third-order valence-corrected chi connectivity index (χ3v) is 5.75. The third-order valence-electron chi connectivity index (χ3n) is 4.52. The number of para-hydroxylation sites is 2. The first-order chi connectivity index (χ1) is 14.5. The normalized spacial score (nSPS) is 14.9. The molecule has 0 aromatic heterocycles. The Morgan fingerprint density at radius 1 is 0.933 bits per heavy atom. The lowest BCUT2D eigenvalue weighted by Gasteiger charge is -2.14. The molecule has 1 saturated heterocycles. The van der Waals surface area contributed by atoms with Gasteiger partial charge in [-0.15, -0.1) is 0 Å². The fourth-order valence-electron chi connectivity index (χ4n) is 3.00. The molecule has 30 heavy (non-hydrogen) atoms. The van der Waals surface area contributed by atoms with Gasteiger partial charge >= 0.3 is 0 Å². The van der Waals surface area contributed by atoms with E-state index in [-0.39, 0.29) is 5.57 Å². The van der Waals surface area contributed by atoms with Crippen LogP contribution in [0.5, 0.6) is 5.75 Å². The molecule has 3 aromatic rings. The van der Waals surface area contributed by atoms with E-state index in [2.05, 4.69) is 37.3 Å². The largest absolute Gasteiger partial charge is 0.488 e. The summed E-state index contributed by atoms with van der Waals surface area (Å²) in [5, 5.41) is 1.25. The molecule has 4 rings (SSSR count). The van der Waals surface area contributed by atoms with Gasteiger partial charge in [-0.1, -0.05) is 74.3 Å². The Bertz CT molecular complexity index is 1150. The van der Waals surface area contributed by atoms with Gasteiger partial charge in [-0.3, -0.25) is 15.0 Å². The van der Waals surface area contributed by atoms with Crippen LogP contribution in [0.1, 0.15) is 11.1 Å². The van der Waals surface area contributed by atoms with E-state index >= 15 is 0 Å². The van der Waals surface area contributed by atoms with Crippen LogP contribution in [-0.4, -0.2) is 11.8 Å². The van der Waals surface area contributed by atoms with E-state index < -0.39 is 11.8 Å². The van der Waals surface area contributed by atoms with Gasteiger partial charge in [0, 0.05) is 20.1 Å². The van der Waals surface area contributed by atoms with Crippen LogP contribution in [0.3, 0.4) is 0 Å². The van der Waals surface area contributed by atoms with Crippen LogP contribution in [0, 0.1) is 0 Å². The maximum atomic E-state index is 12.8. The Balaban J connectivity index is 1.58. The second-order valence-electron chi connectivity index (χ2n) is 6.54. The van der Waals surface area contributed by atoms with Crippen LogP contribution >= 0.6 is 31.9 Å². The maximum Gasteiger partial charge on any atom is 0.282 e. The van der Waals surface area contributed by atoms with Crippen LogP contribution in [0.25, 0.3) is 6.08 Å². The minimum absolute atomic E-state index is 0.0553. The summed E-state index contributed by atoms with van der Waals surface area (Å²) in [7, 11) is 0. The zero-order chi connectivity index (χ0) is 21.1. The monoisotopic (exact) mass is 526 g/mol. The van der Waals surface area contributed by atoms with E-state index in [4.69, 9.17) is 4.74 Å². The molecule has 150 valence electrons. The summed E-state index contributed by atoms with van der Waals surface area (Å²) >= 11 is 6.96. The molecule has 0 spiro atoms. The molecule has 1 N–H and O–H groups in total. The van der Waals surface area contributed by atoms with Crippen LogP contribution in [0.4, 0.5) is 5.69 Å². The first-order valence-corrected chi connectivity index (χ1v) is 10.7. The van der Waals surface area contributed by atoms with E-state index in [0.29, 0.717) is 23.6 Å². The van der Waals surface area contributed by atoms with Crippen LogP contribution in [0.15, 0.2) is 87.3 Å². The van der Waals surface area contributed by atoms with Crippen molar-refractivity contribution in [1.29, 1.82) is 0 Å². The van der Waals surface area contributed by atoms with E-state index in [1.54, 1.807) is 30.3 Å². The van der Waals surface area contributed by atoms with Crippen molar-refractivity contribution in [2.75, 3.05) is 5.01 Å². The predicted molar refractivity (Wildman–Crippen MR) is 123 cm³/mol. The quantitative estimate of drug-likeness (QED) is 0.364. The fraction of sp³-hybridized carbons (Fsp3) is 0.0435. The minimum atomic E-state index is -0.450. The summed E-state index contributed by atoms with van der Waals surface area (Å²) in [6, 6.07) is 22.1. The van der Waals surface area contributed by atoms with Crippen molar-refractivity contribution in [3.8, 4) is 5.75 Å². The Labute approximate surface area is 190 Å². The average molecular weight is 528 g/mol. The summed E-state index contributed by atoms with van der Waals surface area (Å²) in [6.45, 7) is 0.338. The van der Waals surface area contributed by atoms with Crippen molar-refractivity contribution in [2.24, 2.45) is 0 Å². The molecule has 0 unspecified atom stereocenters. The molecule has 7 heteroatoms. The Morgan fingerprint density at radius 3 is 2.43 bits per heavy atom. The van der Waals surface area contributed by atoms with Gasteiger partial charge in [0.25, 0.3) is 11.8 Å². The number of carbonyl (C=O) groups is 2. The molecule has 0 bridgehead atoms. The minimum Gasteiger partial charge on any atom is -0.488 e. The average Bonchev–Trinajstić information content (AvgIpc) is 3.03. The molecule has 0 radical (unpaired) electrons. The van der Waals surface area contributed by atoms with Gasteiger partial charge in [0.2, 0.25) is 0 Å². The van der Waals surface area contributed by atoms with E-state index in [9.17, 15) is 9.59 Å². The summed E-state index contributed by atoms with van der Waals surface area (Å²) in [6.07, 6.45) is 1.56. The number of amides is 2. The van der Waals surface area contributed by atoms with Crippen LogP contribution in [0.2, 0.25) is 0 Å². The molecule has 1 heterocycles. The number of benzene rings is 3. The number of hydrogen-bond acceptors (Lipinski definition) is 3. The molecule has 2 amide bonds. The van der Waals surface area contributed by atoms with Gasteiger partial charge in [-0.25, -0.2) is 5.01 Å². The summed E-state index contributed by atoms with van der Waals surface area (Å²) in [4.78, 5) is 25.3. The molecule has 0 atom stereocenters. The molecule has 1 aliphatic heterocycles. The highest BCUT2D eigenvalue weighted by Crippen LogP contribution is 2.27. The number of nitrogens with zero attached hydrogens (tertiary/aromatic N) is 1. The highest BCUT2D eigenvalue weighted by Gasteiger charge is 2.34. The molecule has 0 saturated carbocycles. The van der Waals surface area contributed by atoms with Gasteiger partial charge in [0.15, 0.2) is 0 Å². The standard InChI is InChI=1S/C23H16Br2N2O3/c24-17-11-10-16(20(25)13-17)14-30-21-9-5-4-6-15(21)12-19-22(28)26-27(23(19)29)18-7-2-1-3-8-18/h1-13H,14H2,(H,26,28)/b19-12-. The van der Waals surface area contributed by atoms with Crippen molar-refractivity contribution in [3.63, 3.8) is 0 Å². The molecule has 3 aromatic carbocycles. The van der Waals surface area contributed by atoms with Gasteiger partial charge < -0.3 is 4.74 Å². The van der Waals surface area contributed by atoms with Crippen molar-refractivity contribution >= 4 is 55.4 Å². The van der Waals surface area contributed by atoms with Crippen LogP contribution in [-0.2, 0) is 16.2 Å². The number of halogens is 2. The number of nitrogens with one attached hydrogen (secondary N) is 1. The summed E-state index contributed by atoms with van der Waals surface area (Å²) in [5.74, 6) is -0.274. The predicted octanol–water partition coefficient (Wildman–Crippen LogP) is 5.25. The van der Waals surface area contributed by atoms with Crippen LogP contribution < -0.4 is 15.2 Å². The number of anilines is 1. The zero-order valence-corrected chi connectivity index (χ0v) is 18.8. The Kier molecular flexibility index (Phi) is 6.01. The Hall–Kier alpha value is -2.90. The SMILES string of the molecule is O=C1NN(c2ccccc2)C(=O)/C1=C\c1ccccc1OCc1ccc(Br)cc1Br. The van der Waals surface area contributed by atoms with Gasteiger partial charge in [-0.2, -0.15) is 0 Å². The zero-order valence-electron chi connectivity index (χ0n) is 15.6. The van der Waals surface area contributed by atoms with E-state index in [0.717, 1.165) is 14.5 Å². The molecular weight excluding hydrogens is 512 g/mol. The van der Waals surface area contributed by atoms with Crippen molar-refractivity contribution in [3.05, 3.63) is 98.4 Å². The summed E-state index contributed by atoms with van der Waals surface area (Å²) in [5.41, 5.74) is 4.89. The lowest BCUT2D eigenvalue weighted by Crippen LogP contribution is -2.35.